The summed E-state index contributed by atoms with van der Waals surface area (Å²) in [6.45, 7) is 0. The van der Waals surface area contributed by atoms with Crippen LogP contribution in [0, 0.1) is 12.1 Å². The van der Waals surface area contributed by atoms with Gasteiger partial charge in [0.2, 0.25) is 0 Å². The van der Waals surface area contributed by atoms with E-state index in [4.69, 9.17) is 0 Å². The number of hydrogen-bond donors (Lipinski definition) is 0. The Labute approximate surface area is 372 Å². The quantitative estimate of drug-likeness (QED) is 0.142. The van der Waals surface area contributed by atoms with Gasteiger partial charge in [-0.2, -0.15) is 0 Å². The van der Waals surface area contributed by atoms with Gasteiger partial charge in [0.05, 0.1) is 0 Å². The first kappa shape index (κ1) is 40.5. The third kappa shape index (κ3) is 9.95. The molecule has 0 fully saturated rings. The Hall–Kier alpha value is -7.29. The first-order valence-corrected chi connectivity index (χ1v) is 20.1. The smallest absolute Gasteiger partial charge is 0.0160 e. The summed E-state index contributed by atoms with van der Waals surface area (Å²) in [6, 6.07) is 87.2. The van der Waals surface area contributed by atoms with Gasteiger partial charge in [-0.1, -0.05) is 133 Å². The minimum absolute atomic E-state index is 0. The van der Waals surface area contributed by atoms with Gasteiger partial charge >= 0.3 is 0 Å². The molecule has 0 saturated carbocycles. The number of pyridine rings is 2. The molecule has 10 rings (SSSR count). The molecule has 3 heteroatoms. The van der Waals surface area contributed by atoms with Gasteiger partial charge in [-0.15, -0.1) is 71.3 Å². The van der Waals surface area contributed by atoms with Gasteiger partial charge in [-0.3, -0.25) is 0 Å². The summed E-state index contributed by atoms with van der Waals surface area (Å²) in [5, 5.41) is 0. The Kier molecular flexibility index (Phi) is 13.0. The fourth-order valence-corrected chi connectivity index (χ4v) is 7.42. The Balaban J connectivity index is 0.000000340. The predicted octanol–water partition coefficient (Wildman–Crippen LogP) is 15.1. The molecular formula is C58H40IrN2-2. The van der Waals surface area contributed by atoms with Crippen LogP contribution in [0.25, 0.3) is 89.3 Å². The SMILES string of the molecule is [Ir].[c-]1ccc(-c2cccc(-c3cc(-c4ccccc4)cc(-c4cc(-c5ccccc5)cc(-c5ccccc5)c4)c3)c2)cc1-c1ccccn1.[c-]1ccccc1-c1ccccn1. The van der Waals surface area contributed by atoms with Crippen LogP contribution in [0.15, 0.2) is 243 Å². The van der Waals surface area contributed by atoms with Crippen LogP contribution in [0.5, 0.6) is 0 Å². The van der Waals surface area contributed by atoms with E-state index in [1.165, 1.54) is 55.6 Å². The van der Waals surface area contributed by atoms with Crippen molar-refractivity contribution >= 4 is 0 Å². The van der Waals surface area contributed by atoms with Crippen molar-refractivity contribution in [1.29, 1.82) is 0 Å². The molecule has 0 aliphatic rings. The number of benzene rings is 8. The molecule has 10 aromatic rings. The Morgan fingerprint density at radius 2 is 0.607 bits per heavy atom. The van der Waals surface area contributed by atoms with E-state index in [2.05, 4.69) is 186 Å². The average Bonchev–Trinajstić information content (AvgIpc) is 3.35. The number of rotatable bonds is 8. The summed E-state index contributed by atoms with van der Waals surface area (Å²) in [7, 11) is 0. The molecule has 8 aromatic carbocycles. The minimum atomic E-state index is 0. The maximum Gasteiger partial charge on any atom is 0.0160 e. The number of hydrogen-bond acceptors (Lipinski definition) is 2. The topological polar surface area (TPSA) is 25.8 Å². The van der Waals surface area contributed by atoms with E-state index in [1.54, 1.807) is 6.20 Å². The second-order valence-corrected chi connectivity index (χ2v) is 14.5. The summed E-state index contributed by atoms with van der Waals surface area (Å²) in [4.78, 5) is 8.76. The van der Waals surface area contributed by atoms with Crippen LogP contribution in [0.1, 0.15) is 0 Å². The summed E-state index contributed by atoms with van der Waals surface area (Å²) >= 11 is 0. The van der Waals surface area contributed by atoms with Crippen LogP contribution in [-0.2, 0) is 20.1 Å². The van der Waals surface area contributed by atoms with Crippen LogP contribution in [-0.4, -0.2) is 9.97 Å². The molecule has 0 unspecified atom stereocenters. The van der Waals surface area contributed by atoms with Crippen molar-refractivity contribution in [1.82, 2.24) is 9.97 Å². The molecule has 0 amide bonds. The molecule has 0 N–H and O–H groups in total. The van der Waals surface area contributed by atoms with E-state index in [0.29, 0.717) is 0 Å². The standard InChI is InChI=1S/C47H32N.C11H8N.Ir/c1-4-14-34(15-5-1)41-28-42(35-16-6-2-7-17-35)31-45(30-41)46-32-43(36-18-8-3-9-19-36)29-44(33-46)39-22-12-20-37(26-39)38-21-13-23-40(27-38)47-24-10-11-25-48-47;1-2-6-10(7-3-1)11-8-4-5-9-12-11;/h1-22,24-33H;1-6,8-9H;/q2*-1;. The zero-order valence-corrected chi connectivity index (χ0v) is 35.7. The van der Waals surface area contributed by atoms with Crippen LogP contribution >= 0.6 is 0 Å². The van der Waals surface area contributed by atoms with Crippen LogP contribution < -0.4 is 0 Å². The predicted molar refractivity (Wildman–Crippen MR) is 250 cm³/mol. The van der Waals surface area contributed by atoms with Gasteiger partial charge in [0.25, 0.3) is 0 Å². The Morgan fingerprint density at radius 3 is 1.07 bits per heavy atom. The van der Waals surface area contributed by atoms with Crippen LogP contribution in [0.4, 0.5) is 0 Å². The molecule has 1 radical (unpaired) electrons. The van der Waals surface area contributed by atoms with E-state index in [-0.39, 0.29) is 20.1 Å². The molecule has 2 aromatic heterocycles. The van der Waals surface area contributed by atoms with E-state index in [9.17, 15) is 0 Å². The van der Waals surface area contributed by atoms with Crippen molar-refractivity contribution in [2.75, 3.05) is 0 Å². The Bertz CT molecular complexity index is 2840. The van der Waals surface area contributed by atoms with Crippen molar-refractivity contribution in [2.45, 2.75) is 0 Å². The van der Waals surface area contributed by atoms with Gasteiger partial charge in [0.1, 0.15) is 0 Å². The Morgan fingerprint density at radius 1 is 0.246 bits per heavy atom. The molecule has 61 heavy (non-hydrogen) atoms. The summed E-state index contributed by atoms with van der Waals surface area (Å²) in [6.07, 6.45) is 3.61. The summed E-state index contributed by atoms with van der Waals surface area (Å²) in [5.41, 5.74) is 18.1. The molecule has 0 aliphatic heterocycles. The van der Waals surface area contributed by atoms with Crippen LogP contribution in [0.3, 0.4) is 0 Å². The third-order valence-corrected chi connectivity index (χ3v) is 10.4. The van der Waals surface area contributed by atoms with E-state index in [1.807, 2.05) is 72.9 Å². The van der Waals surface area contributed by atoms with E-state index < -0.39 is 0 Å². The molecule has 0 aliphatic carbocycles. The van der Waals surface area contributed by atoms with Crippen molar-refractivity contribution in [2.24, 2.45) is 0 Å². The van der Waals surface area contributed by atoms with Crippen LogP contribution in [0.2, 0.25) is 0 Å². The molecule has 2 nitrogen and oxygen atoms in total. The van der Waals surface area contributed by atoms with Crippen molar-refractivity contribution < 1.29 is 20.1 Å². The largest absolute Gasteiger partial charge is 0.305 e. The first-order chi connectivity index (χ1) is 29.7. The average molecular weight is 957 g/mol. The minimum Gasteiger partial charge on any atom is -0.305 e. The number of nitrogens with zero attached hydrogens (tertiary/aromatic N) is 2. The normalized spacial score (nSPS) is 10.5. The molecule has 0 spiro atoms. The van der Waals surface area contributed by atoms with E-state index >= 15 is 0 Å². The van der Waals surface area contributed by atoms with Crippen molar-refractivity contribution in [3.8, 4) is 89.3 Å². The van der Waals surface area contributed by atoms with Gasteiger partial charge in [0.15, 0.2) is 0 Å². The van der Waals surface area contributed by atoms with E-state index in [0.717, 1.165) is 33.6 Å². The molecule has 0 saturated heterocycles. The van der Waals surface area contributed by atoms with Crippen molar-refractivity contribution in [3.05, 3.63) is 255 Å². The van der Waals surface area contributed by atoms with Gasteiger partial charge in [-0.25, -0.2) is 0 Å². The number of aromatic nitrogens is 2. The second-order valence-electron chi connectivity index (χ2n) is 14.5. The summed E-state index contributed by atoms with van der Waals surface area (Å²) < 4.78 is 0. The molecule has 0 bridgehead atoms. The van der Waals surface area contributed by atoms with Gasteiger partial charge in [-0.05, 0) is 127 Å². The first-order valence-electron chi connectivity index (χ1n) is 20.1. The third-order valence-electron chi connectivity index (χ3n) is 10.4. The van der Waals surface area contributed by atoms with Gasteiger partial charge < -0.3 is 9.97 Å². The molecule has 293 valence electrons. The fourth-order valence-electron chi connectivity index (χ4n) is 7.42. The second kappa shape index (κ2) is 19.6. The molecule has 2 heterocycles. The zero-order chi connectivity index (χ0) is 40.4. The fraction of sp³-hybridized carbons (Fsp3) is 0. The maximum absolute atomic E-state index is 4.55. The zero-order valence-electron chi connectivity index (χ0n) is 33.3. The monoisotopic (exact) mass is 957 g/mol. The maximum atomic E-state index is 4.55. The summed E-state index contributed by atoms with van der Waals surface area (Å²) in [5.74, 6) is 0. The van der Waals surface area contributed by atoms with Crippen molar-refractivity contribution in [3.63, 3.8) is 0 Å². The molecular weight excluding hydrogens is 917 g/mol. The van der Waals surface area contributed by atoms with Gasteiger partial charge in [0, 0.05) is 32.5 Å². The molecule has 0 atom stereocenters.